The molecule has 6 heteroatoms. The van der Waals surface area contributed by atoms with E-state index in [0.717, 1.165) is 31.5 Å². The Bertz CT molecular complexity index is 347. The van der Waals surface area contributed by atoms with Crippen LogP contribution in [0.25, 0.3) is 0 Å². The minimum absolute atomic E-state index is 0. The van der Waals surface area contributed by atoms with Gasteiger partial charge in [-0.05, 0) is 46.5 Å². The molecule has 1 aliphatic rings. The van der Waals surface area contributed by atoms with Gasteiger partial charge in [0.15, 0.2) is 5.96 Å². The number of nitrogens with zero attached hydrogens (tertiary/aromatic N) is 2. The maximum absolute atomic E-state index is 12.0. The lowest BCUT2D eigenvalue weighted by atomic mass is 10.00. The van der Waals surface area contributed by atoms with Gasteiger partial charge in [-0.3, -0.25) is 9.20 Å². The van der Waals surface area contributed by atoms with Crippen LogP contribution in [0.5, 0.6) is 0 Å². The molecule has 0 saturated carbocycles. The van der Waals surface area contributed by atoms with Crippen molar-refractivity contribution in [2.24, 2.45) is 10.9 Å². The monoisotopic (exact) mass is 429 g/mol. The van der Waals surface area contributed by atoms with E-state index >= 15 is 0 Å². The molecule has 0 spiro atoms. The summed E-state index contributed by atoms with van der Waals surface area (Å²) < 4.78 is 11.9. The number of aliphatic imine (C=N–C) groups is 1. The molecule has 0 amide bonds. The van der Waals surface area contributed by atoms with Gasteiger partial charge in [0.05, 0.1) is 6.54 Å². The zero-order chi connectivity index (χ0) is 15.2. The molecule has 1 atom stereocenters. The van der Waals surface area contributed by atoms with Crippen LogP contribution in [0.1, 0.15) is 47.5 Å². The SMILES string of the molecule is CCNC(=NCCS(=O)C(C)(C)C)N1CCC(C)CC1.I. The van der Waals surface area contributed by atoms with Crippen LogP contribution >= 0.6 is 24.0 Å². The van der Waals surface area contributed by atoms with Gasteiger partial charge in [0.2, 0.25) is 0 Å². The van der Waals surface area contributed by atoms with E-state index in [9.17, 15) is 4.21 Å². The summed E-state index contributed by atoms with van der Waals surface area (Å²) in [5.41, 5.74) is 0. The standard InChI is InChI=1S/C15H31N3OS.HI/c1-6-16-14(18-10-7-13(2)8-11-18)17-9-12-20(19)15(3,4)5;/h13H,6-12H2,1-5H3,(H,16,17);1H. The number of halogens is 1. The second kappa shape index (κ2) is 10.0. The third-order valence-electron chi connectivity index (χ3n) is 3.64. The molecule has 0 radical (unpaired) electrons. The Kier molecular flexibility index (Phi) is 10.1. The Morgan fingerprint density at radius 3 is 2.38 bits per heavy atom. The molecule has 0 aromatic rings. The highest BCUT2D eigenvalue weighted by molar-refractivity contribution is 14.0. The van der Waals surface area contributed by atoms with Crippen LogP contribution in [-0.4, -0.2) is 51.7 Å². The fourth-order valence-electron chi connectivity index (χ4n) is 2.19. The highest BCUT2D eigenvalue weighted by Crippen LogP contribution is 2.16. The smallest absolute Gasteiger partial charge is 0.193 e. The van der Waals surface area contributed by atoms with Gasteiger partial charge in [-0.2, -0.15) is 0 Å². The van der Waals surface area contributed by atoms with E-state index in [1.807, 2.05) is 20.8 Å². The Balaban J connectivity index is 0.00000400. The first kappa shape index (κ1) is 21.1. The molecule has 1 rings (SSSR count). The largest absolute Gasteiger partial charge is 0.357 e. The number of likely N-dealkylation sites (tertiary alicyclic amines) is 1. The van der Waals surface area contributed by atoms with Gasteiger partial charge in [0, 0.05) is 40.9 Å². The summed E-state index contributed by atoms with van der Waals surface area (Å²) in [6, 6.07) is 0. The van der Waals surface area contributed by atoms with E-state index in [4.69, 9.17) is 0 Å². The minimum atomic E-state index is -0.822. The summed E-state index contributed by atoms with van der Waals surface area (Å²) in [6.45, 7) is 14.1. The number of hydrogen-bond acceptors (Lipinski definition) is 2. The summed E-state index contributed by atoms with van der Waals surface area (Å²) in [5, 5.41) is 3.36. The molecule has 21 heavy (non-hydrogen) atoms. The molecule has 0 aliphatic carbocycles. The van der Waals surface area contributed by atoms with Crippen molar-refractivity contribution in [3.05, 3.63) is 0 Å². The maximum atomic E-state index is 12.0. The summed E-state index contributed by atoms with van der Waals surface area (Å²) in [5.74, 6) is 2.45. The summed E-state index contributed by atoms with van der Waals surface area (Å²) in [4.78, 5) is 6.99. The fraction of sp³-hybridized carbons (Fsp3) is 0.933. The Morgan fingerprint density at radius 1 is 1.33 bits per heavy atom. The predicted molar refractivity (Wildman–Crippen MR) is 104 cm³/mol. The molecule has 1 fully saturated rings. The molecule has 0 aromatic heterocycles. The first-order chi connectivity index (χ1) is 9.34. The third kappa shape index (κ3) is 7.81. The number of hydrogen-bond donors (Lipinski definition) is 1. The Labute approximate surface area is 150 Å². The minimum Gasteiger partial charge on any atom is -0.357 e. The van der Waals surface area contributed by atoms with Crippen LogP contribution in [0.15, 0.2) is 4.99 Å². The maximum Gasteiger partial charge on any atom is 0.193 e. The lowest BCUT2D eigenvalue weighted by Crippen LogP contribution is -2.45. The Hall–Kier alpha value is 0.150. The van der Waals surface area contributed by atoms with Gasteiger partial charge in [0.1, 0.15) is 0 Å². The molecule has 126 valence electrons. The van der Waals surface area contributed by atoms with E-state index in [0.29, 0.717) is 12.3 Å². The van der Waals surface area contributed by atoms with Crippen LogP contribution in [-0.2, 0) is 10.8 Å². The van der Waals surface area contributed by atoms with Crippen LogP contribution in [0, 0.1) is 5.92 Å². The average Bonchev–Trinajstić information content (AvgIpc) is 2.37. The number of nitrogens with one attached hydrogen (secondary N) is 1. The molecule has 0 aromatic carbocycles. The molecule has 1 N–H and O–H groups in total. The van der Waals surface area contributed by atoms with Crippen molar-refractivity contribution >= 4 is 40.7 Å². The van der Waals surface area contributed by atoms with Crippen molar-refractivity contribution < 1.29 is 4.21 Å². The van der Waals surface area contributed by atoms with Crippen LogP contribution in [0.3, 0.4) is 0 Å². The van der Waals surface area contributed by atoms with Crippen molar-refractivity contribution in [2.45, 2.75) is 52.2 Å². The average molecular weight is 429 g/mol. The lowest BCUT2D eigenvalue weighted by molar-refractivity contribution is 0.273. The quantitative estimate of drug-likeness (QED) is 0.425. The molecule has 1 unspecified atom stereocenters. The summed E-state index contributed by atoms with van der Waals surface area (Å²) in [6.07, 6.45) is 2.47. The molecule has 1 aliphatic heterocycles. The van der Waals surface area contributed by atoms with Crippen molar-refractivity contribution in [2.75, 3.05) is 31.9 Å². The van der Waals surface area contributed by atoms with Gasteiger partial charge >= 0.3 is 0 Å². The molecule has 1 saturated heterocycles. The topological polar surface area (TPSA) is 44.7 Å². The predicted octanol–water partition coefficient (Wildman–Crippen LogP) is 2.85. The molecule has 0 bridgehead atoms. The van der Waals surface area contributed by atoms with Gasteiger partial charge in [-0.15, -0.1) is 24.0 Å². The number of rotatable bonds is 4. The van der Waals surface area contributed by atoms with Gasteiger partial charge in [0.25, 0.3) is 0 Å². The highest BCUT2D eigenvalue weighted by Gasteiger charge is 2.20. The lowest BCUT2D eigenvalue weighted by Gasteiger charge is -2.33. The molecule has 4 nitrogen and oxygen atoms in total. The van der Waals surface area contributed by atoms with E-state index in [2.05, 4.69) is 29.1 Å². The van der Waals surface area contributed by atoms with Crippen molar-refractivity contribution in [3.8, 4) is 0 Å². The Morgan fingerprint density at radius 2 is 1.90 bits per heavy atom. The van der Waals surface area contributed by atoms with Gasteiger partial charge in [-0.25, -0.2) is 0 Å². The van der Waals surface area contributed by atoms with Crippen LogP contribution in [0.2, 0.25) is 0 Å². The first-order valence-corrected chi connectivity index (χ1v) is 9.08. The van der Waals surface area contributed by atoms with E-state index in [1.54, 1.807) is 0 Å². The van der Waals surface area contributed by atoms with Crippen molar-refractivity contribution in [3.63, 3.8) is 0 Å². The molecular formula is C15H32IN3OS. The second-order valence-corrected chi connectivity index (χ2v) is 8.89. The van der Waals surface area contributed by atoms with Gasteiger partial charge in [-0.1, -0.05) is 6.92 Å². The van der Waals surface area contributed by atoms with Crippen molar-refractivity contribution in [1.29, 1.82) is 0 Å². The highest BCUT2D eigenvalue weighted by atomic mass is 127. The van der Waals surface area contributed by atoms with Gasteiger partial charge < -0.3 is 10.2 Å². The molecule has 1 heterocycles. The summed E-state index contributed by atoms with van der Waals surface area (Å²) in [7, 11) is -0.822. The normalized spacial score (nSPS) is 19.1. The van der Waals surface area contributed by atoms with Crippen molar-refractivity contribution in [1.82, 2.24) is 10.2 Å². The third-order valence-corrected chi connectivity index (χ3v) is 5.56. The first-order valence-electron chi connectivity index (χ1n) is 7.76. The van der Waals surface area contributed by atoms with E-state index < -0.39 is 10.8 Å². The molecular weight excluding hydrogens is 397 g/mol. The zero-order valence-electron chi connectivity index (χ0n) is 14.1. The zero-order valence-corrected chi connectivity index (χ0v) is 17.3. The van der Waals surface area contributed by atoms with Crippen LogP contribution in [0.4, 0.5) is 0 Å². The fourth-order valence-corrected chi connectivity index (χ4v) is 3.06. The summed E-state index contributed by atoms with van der Waals surface area (Å²) >= 11 is 0. The van der Waals surface area contributed by atoms with E-state index in [-0.39, 0.29) is 28.7 Å². The number of guanidine groups is 1. The number of piperidine rings is 1. The van der Waals surface area contributed by atoms with E-state index in [1.165, 1.54) is 12.8 Å². The second-order valence-electron chi connectivity index (χ2n) is 6.57. The van der Waals surface area contributed by atoms with Crippen LogP contribution < -0.4 is 5.32 Å².